The normalized spacial score (nSPS) is 15.4. The van der Waals surface area contributed by atoms with Crippen LogP contribution in [0.1, 0.15) is 47.8 Å². The Hall–Kier alpha value is -2.97. The molecule has 8 heteroatoms. The Morgan fingerprint density at radius 1 is 1.06 bits per heavy atom. The molecule has 1 N–H and O–H groups in total. The third kappa shape index (κ3) is 5.56. The van der Waals surface area contributed by atoms with Gasteiger partial charge in [-0.3, -0.25) is 4.79 Å². The Kier molecular flexibility index (Phi) is 7.48. The van der Waals surface area contributed by atoms with E-state index in [0.29, 0.717) is 31.1 Å². The number of benzene rings is 2. The van der Waals surface area contributed by atoms with E-state index < -0.39 is 10.0 Å². The van der Waals surface area contributed by atoms with Crippen molar-refractivity contribution in [3.05, 3.63) is 77.6 Å². The maximum atomic E-state index is 12.9. The van der Waals surface area contributed by atoms with E-state index in [4.69, 9.17) is 0 Å². The van der Waals surface area contributed by atoms with E-state index in [-0.39, 0.29) is 10.8 Å². The number of aryl methyl sites for hydroxylation is 2. The van der Waals surface area contributed by atoms with E-state index in [9.17, 15) is 13.2 Å². The molecule has 1 aromatic heterocycles. The van der Waals surface area contributed by atoms with Crippen molar-refractivity contribution >= 4 is 15.9 Å². The number of carbonyl (C=O) groups excluding carboxylic acids is 1. The number of para-hydroxylation sites is 1. The molecule has 3 aromatic rings. The molecule has 0 saturated carbocycles. The second-order valence-corrected chi connectivity index (χ2v) is 10.9. The third-order valence-electron chi connectivity index (χ3n) is 6.43. The first-order valence-corrected chi connectivity index (χ1v) is 13.3. The van der Waals surface area contributed by atoms with Gasteiger partial charge < -0.3 is 5.32 Å². The fourth-order valence-electron chi connectivity index (χ4n) is 4.19. The standard InChI is InChI=1S/C26H32N4O3S/c1-20-14-17-29(18-15-20)34(32,33)25-12-10-22(11-13-25)26(31)27-16-6-7-23-19-30(28-21(23)2)24-8-4-3-5-9-24/h3-5,8-13,19-20H,6-7,14-18H2,1-2H3,(H,27,31). The smallest absolute Gasteiger partial charge is 0.251 e. The number of piperidine rings is 1. The summed E-state index contributed by atoms with van der Waals surface area (Å²) in [6.45, 7) is 5.77. The van der Waals surface area contributed by atoms with Crippen LogP contribution in [0.15, 0.2) is 65.7 Å². The van der Waals surface area contributed by atoms with Gasteiger partial charge >= 0.3 is 0 Å². The number of nitrogens with one attached hydrogen (secondary N) is 1. The summed E-state index contributed by atoms with van der Waals surface area (Å²) in [7, 11) is -3.51. The number of amides is 1. The van der Waals surface area contributed by atoms with Crippen LogP contribution < -0.4 is 5.32 Å². The highest BCUT2D eigenvalue weighted by atomic mass is 32.2. The van der Waals surface area contributed by atoms with Crippen LogP contribution in [0.2, 0.25) is 0 Å². The Morgan fingerprint density at radius 3 is 2.41 bits per heavy atom. The van der Waals surface area contributed by atoms with Gasteiger partial charge in [0.05, 0.1) is 16.3 Å². The quantitative estimate of drug-likeness (QED) is 0.495. The summed E-state index contributed by atoms with van der Waals surface area (Å²) in [5.41, 5.74) is 3.61. The van der Waals surface area contributed by atoms with Crippen LogP contribution in [0.5, 0.6) is 0 Å². The summed E-state index contributed by atoms with van der Waals surface area (Å²) in [6, 6.07) is 16.2. The zero-order valence-corrected chi connectivity index (χ0v) is 20.6. The number of carbonyl (C=O) groups is 1. The lowest BCUT2D eigenvalue weighted by molar-refractivity contribution is 0.0953. The molecule has 4 rings (SSSR count). The molecular weight excluding hydrogens is 448 g/mol. The van der Waals surface area contributed by atoms with Gasteiger partial charge in [0.1, 0.15) is 0 Å². The predicted molar refractivity (Wildman–Crippen MR) is 133 cm³/mol. The first-order valence-electron chi connectivity index (χ1n) is 11.8. The van der Waals surface area contributed by atoms with E-state index >= 15 is 0 Å². The van der Waals surface area contributed by atoms with Crippen LogP contribution in [-0.2, 0) is 16.4 Å². The average Bonchev–Trinajstić information content (AvgIpc) is 3.23. The van der Waals surface area contributed by atoms with Gasteiger partial charge in [-0.15, -0.1) is 0 Å². The molecule has 0 atom stereocenters. The summed E-state index contributed by atoms with van der Waals surface area (Å²) < 4.78 is 29.1. The van der Waals surface area contributed by atoms with Crippen molar-refractivity contribution in [2.24, 2.45) is 5.92 Å². The van der Waals surface area contributed by atoms with Gasteiger partial charge in [-0.25, -0.2) is 13.1 Å². The molecule has 0 bridgehead atoms. The first kappa shape index (κ1) is 24.2. The van der Waals surface area contributed by atoms with Gasteiger partial charge in [0.2, 0.25) is 10.0 Å². The highest BCUT2D eigenvalue weighted by Gasteiger charge is 2.28. The summed E-state index contributed by atoms with van der Waals surface area (Å²) >= 11 is 0. The minimum atomic E-state index is -3.51. The molecule has 1 aliphatic rings. The van der Waals surface area contributed by atoms with E-state index in [1.807, 2.05) is 48.1 Å². The van der Waals surface area contributed by atoms with Crippen molar-refractivity contribution in [1.82, 2.24) is 19.4 Å². The molecule has 1 saturated heterocycles. The number of nitrogens with zero attached hydrogens (tertiary/aromatic N) is 3. The van der Waals surface area contributed by atoms with Crippen LogP contribution in [-0.4, -0.2) is 48.0 Å². The first-order chi connectivity index (χ1) is 16.3. The van der Waals surface area contributed by atoms with E-state index in [1.54, 1.807) is 16.4 Å². The summed E-state index contributed by atoms with van der Waals surface area (Å²) in [4.78, 5) is 12.8. The maximum Gasteiger partial charge on any atom is 0.251 e. The topological polar surface area (TPSA) is 84.3 Å². The van der Waals surface area contributed by atoms with Crippen molar-refractivity contribution in [1.29, 1.82) is 0 Å². The van der Waals surface area contributed by atoms with Crippen LogP contribution in [0.25, 0.3) is 5.69 Å². The summed E-state index contributed by atoms with van der Waals surface area (Å²) in [5.74, 6) is 0.355. The van der Waals surface area contributed by atoms with Gasteiger partial charge in [-0.05, 0) is 80.5 Å². The zero-order chi connectivity index (χ0) is 24.1. The Morgan fingerprint density at radius 2 is 1.74 bits per heavy atom. The van der Waals surface area contributed by atoms with Crippen molar-refractivity contribution in [3.8, 4) is 5.69 Å². The molecular formula is C26H32N4O3S. The van der Waals surface area contributed by atoms with E-state index in [1.165, 1.54) is 12.1 Å². The van der Waals surface area contributed by atoms with Crippen LogP contribution in [0, 0.1) is 12.8 Å². The summed E-state index contributed by atoms with van der Waals surface area (Å²) in [5, 5.41) is 7.51. The highest BCUT2D eigenvalue weighted by Crippen LogP contribution is 2.23. The Balaban J connectivity index is 1.28. The van der Waals surface area contributed by atoms with Gasteiger partial charge in [-0.1, -0.05) is 25.1 Å². The molecule has 7 nitrogen and oxygen atoms in total. The van der Waals surface area contributed by atoms with Gasteiger partial charge in [0, 0.05) is 31.4 Å². The van der Waals surface area contributed by atoms with Gasteiger partial charge in [0.25, 0.3) is 5.91 Å². The lowest BCUT2D eigenvalue weighted by Crippen LogP contribution is -2.37. The second kappa shape index (κ2) is 10.5. The highest BCUT2D eigenvalue weighted by molar-refractivity contribution is 7.89. The van der Waals surface area contributed by atoms with Gasteiger partial charge in [0.15, 0.2) is 0 Å². The second-order valence-electron chi connectivity index (χ2n) is 8.99. The molecule has 0 radical (unpaired) electrons. The molecule has 0 aliphatic carbocycles. The molecule has 1 aliphatic heterocycles. The van der Waals surface area contributed by atoms with Crippen molar-refractivity contribution in [3.63, 3.8) is 0 Å². The van der Waals surface area contributed by atoms with Crippen LogP contribution >= 0.6 is 0 Å². The molecule has 1 amide bonds. The number of hydrogen-bond acceptors (Lipinski definition) is 4. The molecule has 1 fully saturated rings. The third-order valence-corrected chi connectivity index (χ3v) is 8.34. The van der Waals surface area contributed by atoms with Gasteiger partial charge in [-0.2, -0.15) is 9.40 Å². The number of hydrogen-bond donors (Lipinski definition) is 1. The number of rotatable bonds is 8. The monoisotopic (exact) mass is 480 g/mol. The molecule has 2 heterocycles. The number of sulfonamides is 1. The zero-order valence-electron chi connectivity index (χ0n) is 19.8. The summed E-state index contributed by atoms with van der Waals surface area (Å²) in [6.07, 6.45) is 5.39. The van der Waals surface area contributed by atoms with E-state index in [2.05, 4.69) is 17.3 Å². The molecule has 180 valence electrons. The van der Waals surface area contributed by atoms with E-state index in [0.717, 1.165) is 42.6 Å². The lowest BCUT2D eigenvalue weighted by atomic mass is 10.0. The predicted octanol–water partition coefficient (Wildman–Crippen LogP) is 3.96. The van der Waals surface area contributed by atoms with Crippen LogP contribution in [0.3, 0.4) is 0 Å². The van der Waals surface area contributed by atoms with Crippen molar-refractivity contribution < 1.29 is 13.2 Å². The SMILES string of the molecule is Cc1nn(-c2ccccc2)cc1CCCNC(=O)c1ccc(S(=O)(=O)N2CCC(C)CC2)cc1. The van der Waals surface area contributed by atoms with Crippen molar-refractivity contribution in [2.45, 2.75) is 44.4 Å². The minimum absolute atomic E-state index is 0.201. The Labute approximate surface area is 201 Å². The minimum Gasteiger partial charge on any atom is -0.352 e. The average molecular weight is 481 g/mol. The molecule has 34 heavy (non-hydrogen) atoms. The molecule has 0 spiro atoms. The molecule has 0 unspecified atom stereocenters. The molecule has 2 aromatic carbocycles. The fraction of sp³-hybridized carbons (Fsp3) is 0.385. The fourth-order valence-corrected chi connectivity index (χ4v) is 5.66. The Bertz CT molecular complexity index is 1210. The largest absolute Gasteiger partial charge is 0.352 e. The maximum absolute atomic E-state index is 12.9. The van der Waals surface area contributed by atoms with Crippen LogP contribution in [0.4, 0.5) is 0 Å². The number of aromatic nitrogens is 2. The van der Waals surface area contributed by atoms with Crippen molar-refractivity contribution in [2.75, 3.05) is 19.6 Å². The lowest BCUT2D eigenvalue weighted by Gasteiger charge is -2.29.